The van der Waals surface area contributed by atoms with Gasteiger partial charge in [-0.3, -0.25) is 24.0 Å². The number of ether oxygens (including phenoxy) is 7. The quantitative estimate of drug-likeness (QED) is 0.216. The van der Waals surface area contributed by atoms with E-state index in [-0.39, 0.29) is 33.8 Å². The number of benzene rings is 2. The molecular weight excluding hydrogens is 600 g/mol. The number of aromatic hydroxyl groups is 1. The van der Waals surface area contributed by atoms with Crippen LogP contribution in [-0.2, 0) is 47.7 Å². The van der Waals surface area contributed by atoms with Gasteiger partial charge in [0.2, 0.25) is 17.8 Å². The van der Waals surface area contributed by atoms with E-state index in [0.717, 1.165) is 47.1 Å². The Kier molecular flexibility index (Phi) is 9.72. The van der Waals surface area contributed by atoms with Crippen LogP contribution in [0.25, 0.3) is 22.1 Å². The van der Waals surface area contributed by atoms with Crippen LogP contribution in [0, 0.1) is 0 Å². The predicted molar refractivity (Wildman–Crippen MR) is 149 cm³/mol. The Hall–Kier alpha value is -5.44. The van der Waals surface area contributed by atoms with Gasteiger partial charge in [-0.05, 0) is 17.7 Å². The molecule has 1 aromatic heterocycles. The Balaban J connectivity index is 1.83. The molecule has 15 heteroatoms. The zero-order chi connectivity index (χ0) is 33.0. The molecule has 1 saturated heterocycles. The third-order valence-corrected chi connectivity index (χ3v) is 6.33. The van der Waals surface area contributed by atoms with Gasteiger partial charge in [0.25, 0.3) is 0 Å². The molecule has 0 spiro atoms. The number of hydrogen-bond donors (Lipinski definition) is 1. The number of phenols is 1. The zero-order valence-electron chi connectivity index (χ0n) is 24.6. The summed E-state index contributed by atoms with van der Waals surface area (Å²) in [5.41, 5.74) is -0.182. The van der Waals surface area contributed by atoms with Gasteiger partial charge < -0.3 is 42.7 Å². The summed E-state index contributed by atoms with van der Waals surface area (Å²) in [6.45, 7) is 4.22. The Morgan fingerprint density at radius 1 is 0.800 bits per heavy atom. The molecule has 2 aromatic carbocycles. The second kappa shape index (κ2) is 13.5. The first-order chi connectivity index (χ1) is 21.3. The SMILES string of the molecule is COC(=O)C1OC(Oc2cc(OC(C)=O)c3c(=O)c(-c4ccc(O)cc4)coc3c2)C(OC(C)=O)C(OC(C)=O)C1OC(C)=O. The minimum atomic E-state index is -1.72. The minimum Gasteiger partial charge on any atom is -0.508 e. The fourth-order valence-electron chi connectivity index (χ4n) is 4.65. The topological polar surface area (TPSA) is 200 Å². The minimum absolute atomic E-state index is 0.0205. The van der Waals surface area contributed by atoms with Gasteiger partial charge in [0, 0.05) is 39.8 Å². The van der Waals surface area contributed by atoms with Crippen molar-refractivity contribution in [1.82, 2.24) is 0 Å². The normalized spacial score (nSPS) is 20.9. The van der Waals surface area contributed by atoms with Crippen molar-refractivity contribution < 1.29 is 66.7 Å². The van der Waals surface area contributed by atoms with Crippen molar-refractivity contribution in [1.29, 1.82) is 0 Å². The molecule has 0 aliphatic carbocycles. The molecule has 4 rings (SSSR count). The summed E-state index contributed by atoms with van der Waals surface area (Å²) in [5, 5.41) is 9.48. The third-order valence-electron chi connectivity index (χ3n) is 6.33. The highest BCUT2D eigenvalue weighted by atomic mass is 16.7. The van der Waals surface area contributed by atoms with E-state index in [1.807, 2.05) is 0 Å². The van der Waals surface area contributed by atoms with Crippen molar-refractivity contribution in [2.24, 2.45) is 0 Å². The first-order valence-corrected chi connectivity index (χ1v) is 13.3. The Morgan fingerprint density at radius 2 is 1.40 bits per heavy atom. The van der Waals surface area contributed by atoms with Crippen LogP contribution in [0.3, 0.4) is 0 Å². The monoisotopic (exact) mass is 628 g/mol. The average Bonchev–Trinajstić information content (AvgIpc) is 2.95. The van der Waals surface area contributed by atoms with Crippen molar-refractivity contribution in [3.05, 3.63) is 52.9 Å². The van der Waals surface area contributed by atoms with E-state index < -0.39 is 66.0 Å². The number of esters is 5. The van der Waals surface area contributed by atoms with Gasteiger partial charge in [-0.2, -0.15) is 0 Å². The summed E-state index contributed by atoms with van der Waals surface area (Å²) in [7, 11) is 1.04. The Bertz CT molecular complexity index is 1690. The van der Waals surface area contributed by atoms with E-state index in [0.29, 0.717) is 5.56 Å². The van der Waals surface area contributed by atoms with E-state index in [2.05, 4.69) is 0 Å². The molecule has 0 radical (unpaired) electrons. The highest BCUT2D eigenvalue weighted by Gasteiger charge is 2.56. The van der Waals surface area contributed by atoms with Crippen molar-refractivity contribution in [2.45, 2.75) is 58.4 Å². The van der Waals surface area contributed by atoms with Crippen molar-refractivity contribution in [3.8, 4) is 28.4 Å². The second-order valence-electron chi connectivity index (χ2n) is 9.70. The van der Waals surface area contributed by atoms with Crippen LogP contribution in [-0.4, -0.2) is 72.8 Å². The molecular formula is C30H28O15. The molecule has 0 bridgehead atoms. The number of hydrogen-bond acceptors (Lipinski definition) is 15. The summed E-state index contributed by atoms with van der Waals surface area (Å²) in [6.07, 6.45) is -7.14. The van der Waals surface area contributed by atoms with Crippen molar-refractivity contribution in [2.75, 3.05) is 7.11 Å². The smallest absolute Gasteiger partial charge is 0.339 e. The number of methoxy groups -OCH3 is 1. The van der Waals surface area contributed by atoms with E-state index in [1.165, 1.54) is 30.3 Å². The van der Waals surface area contributed by atoms with Gasteiger partial charge >= 0.3 is 29.8 Å². The molecule has 5 unspecified atom stereocenters. The molecule has 5 atom stereocenters. The zero-order valence-corrected chi connectivity index (χ0v) is 24.6. The van der Waals surface area contributed by atoms with E-state index in [4.69, 9.17) is 37.6 Å². The van der Waals surface area contributed by atoms with Gasteiger partial charge in [-0.1, -0.05) is 12.1 Å². The van der Waals surface area contributed by atoms with E-state index >= 15 is 0 Å². The predicted octanol–water partition coefficient (Wildman–Crippen LogP) is 2.16. The number of phenolic OH excluding ortho intramolecular Hbond substituents is 1. The second-order valence-corrected chi connectivity index (χ2v) is 9.70. The summed E-state index contributed by atoms with van der Waals surface area (Å²) < 4.78 is 43.4. The number of carbonyl (C=O) groups excluding carboxylic acids is 5. The summed E-state index contributed by atoms with van der Waals surface area (Å²) in [4.78, 5) is 74.3. The highest BCUT2D eigenvalue weighted by Crippen LogP contribution is 2.35. The maximum atomic E-state index is 13.5. The van der Waals surface area contributed by atoms with Crippen LogP contribution in [0.4, 0.5) is 0 Å². The molecule has 0 saturated carbocycles. The highest BCUT2D eigenvalue weighted by molar-refractivity contribution is 5.90. The third kappa shape index (κ3) is 7.38. The van der Waals surface area contributed by atoms with Gasteiger partial charge in [-0.25, -0.2) is 4.79 Å². The largest absolute Gasteiger partial charge is 0.508 e. The maximum absolute atomic E-state index is 13.5. The first kappa shape index (κ1) is 32.5. The Labute approximate surface area is 254 Å². The molecule has 1 N–H and O–H groups in total. The van der Waals surface area contributed by atoms with Gasteiger partial charge in [0.05, 0.1) is 12.7 Å². The molecule has 3 aromatic rings. The number of fused-ring (bicyclic) bond motifs is 1. The van der Waals surface area contributed by atoms with Crippen molar-refractivity contribution >= 4 is 40.8 Å². The molecule has 1 fully saturated rings. The van der Waals surface area contributed by atoms with Crippen molar-refractivity contribution in [3.63, 3.8) is 0 Å². The lowest BCUT2D eigenvalue weighted by atomic mass is 9.97. The van der Waals surface area contributed by atoms with Crippen LogP contribution in [0.15, 0.2) is 51.9 Å². The standard InChI is InChI=1S/C30H28O15/c1-13(31)40-22-11-19(10-21-23(22)24(36)20(12-39-21)17-6-8-18(35)9-7-17)44-30-28(43-16(4)34)26(42-15(3)33)25(41-14(2)32)27(45-30)29(37)38-5/h6-12,25-28,30,35H,1-5H3. The lowest BCUT2D eigenvalue weighted by molar-refractivity contribution is -0.282. The summed E-state index contributed by atoms with van der Waals surface area (Å²) >= 11 is 0. The maximum Gasteiger partial charge on any atom is 0.339 e. The summed E-state index contributed by atoms with van der Waals surface area (Å²) in [6, 6.07) is 8.14. The van der Waals surface area contributed by atoms with Gasteiger partial charge in [-0.15, -0.1) is 0 Å². The van der Waals surface area contributed by atoms with E-state index in [1.54, 1.807) is 0 Å². The van der Waals surface area contributed by atoms with Crippen LogP contribution in [0.5, 0.6) is 17.2 Å². The molecule has 238 valence electrons. The lowest BCUT2D eigenvalue weighted by Crippen LogP contribution is -2.64. The van der Waals surface area contributed by atoms with Crippen LogP contribution >= 0.6 is 0 Å². The molecule has 1 aliphatic heterocycles. The van der Waals surface area contributed by atoms with Crippen LogP contribution < -0.4 is 14.9 Å². The van der Waals surface area contributed by atoms with Crippen LogP contribution in [0.1, 0.15) is 27.7 Å². The van der Waals surface area contributed by atoms with E-state index in [9.17, 15) is 33.9 Å². The molecule has 45 heavy (non-hydrogen) atoms. The molecule has 15 nitrogen and oxygen atoms in total. The average molecular weight is 629 g/mol. The summed E-state index contributed by atoms with van der Waals surface area (Å²) in [5.74, 6) is -4.93. The van der Waals surface area contributed by atoms with Crippen LogP contribution in [0.2, 0.25) is 0 Å². The fraction of sp³-hybridized carbons (Fsp3) is 0.333. The molecule has 1 aliphatic rings. The molecule has 2 heterocycles. The number of rotatable bonds is 8. The number of carbonyl (C=O) groups is 5. The van der Waals surface area contributed by atoms with Gasteiger partial charge in [0.15, 0.2) is 18.3 Å². The lowest BCUT2D eigenvalue weighted by Gasteiger charge is -2.43. The fourth-order valence-corrected chi connectivity index (χ4v) is 4.65. The van der Waals surface area contributed by atoms with Gasteiger partial charge in [0.1, 0.15) is 34.5 Å². The Morgan fingerprint density at radius 3 is 1.98 bits per heavy atom. The first-order valence-electron chi connectivity index (χ1n) is 13.3. The molecule has 0 amide bonds.